The van der Waals surface area contributed by atoms with E-state index >= 15 is 0 Å². The summed E-state index contributed by atoms with van der Waals surface area (Å²) in [5.74, 6) is 0.919. The van der Waals surface area contributed by atoms with Crippen LogP contribution in [0.2, 0.25) is 0 Å². The van der Waals surface area contributed by atoms with E-state index in [0.717, 1.165) is 33.8 Å². The number of ether oxygens (including phenoxy) is 1. The van der Waals surface area contributed by atoms with E-state index in [0.29, 0.717) is 13.2 Å². The van der Waals surface area contributed by atoms with Gasteiger partial charge in [0, 0.05) is 23.4 Å². The van der Waals surface area contributed by atoms with Gasteiger partial charge in [-0.1, -0.05) is 0 Å². The molecule has 3 N–H and O–H groups in total. The number of hydrogen-bond acceptors (Lipinski definition) is 3. The molecule has 18 heavy (non-hydrogen) atoms. The number of nitrogens with zero attached hydrogens (tertiary/aromatic N) is 1. The van der Waals surface area contributed by atoms with Crippen molar-refractivity contribution >= 4 is 0 Å². The number of nitrogens with two attached hydrogens (primary N) is 1. The van der Waals surface area contributed by atoms with Gasteiger partial charge in [-0.25, -0.2) is 0 Å². The van der Waals surface area contributed by atoms with E-state index in [4.69, 9.17) is 10.5 Å². The number of aromatic amines is 1. The largest absolute Gasteiger partial charge is 0.494 e. The summed E-state index contributed by atoms with van der Waals surface area (Å²) < 4.78 is 5.54. The molecule has 1 aromatic carbocycles. The maximum atomic E-state index is 5.76. The predicted molar refractivity (Wildman–Crippen MR) is 72.6 cm³/mol. The molecule has 0 saturated heterocycles. The fraction of sp³-hybridized carbons (Fsp3) is 0.357. The minimum atomic E-state index is 0.490. The van der Waals surface area contributed by atoms with Crippen molar-refractivity contribution in [3.8, 4) is 17.0 Å². The Kier molecular flexibility index (Phi) is 3.67. The number of hydrogen-bond donors (Lipinski definition) is 2. The molecule has 4 heteroatoms. The summed E-state index contributed by atoms with van der Waals surface area (Å²) in [6.45, 7) is 7.17. The van der Waals surface area contributed by atoms with Crippen LogP contribution in [0.4, 0.5) is 0 Å². The Labute approximate surface area is 107 Å². The van der Waals surface area contributed by atoms with E-state index in [1.807, 2.05) is 32.9 Å². The minimum Gasteiger partial charge on any atom is -0.494 e. The normalized spacial score (nSPS) is 10.7. The minimum absolute atomic E-state index is 0.490. The summed E-state index contributed by atoms with van der Waals surface area (Å²) >= 11 is 0. The van der Waals surface area contributed by atoms with Gasteiger partial charge < -0.3 is 10.5 Å². The fourth-order valence-corrected chi connectivity index (χ4v) is 2.06. The summed E-state index contributed by atoms with van der Waals surface area (Å²) in [6, 6.07) is 6.09. The van der Waals surface area contributed by atoms with Crippen LogP contribution in [-0.2, 0) is 6.54 Å². The molecule has 0 unspecified atom stereocenters. The first kappa shape index (κ1) is 12.6. The number of aryl methyl sites for hydroxylation is 2. The monoisotopic (exact) mass is 245 g/mol. The molecule has 96 valence electrons. The zero-order valence-corrected chi connectivity index (χ0v) is 11.1. The van der Waals surface area contributed by atoms with Crippen LogP contribution < -0.4 is 10.5 Å². The number of benzene rings is 1. The molecule has 2 rings (SSSR count). The third kappa shape index (κ3) is 2.24. The van der Waals surface area contributed by atoms with Gasteiger partial charge in [0.05, 0.1) is 12.3 Å². The lowest BCUT2D eigenvalue weighted by atomic mass is 10.0. The van der Waals surface area contributed by atoms with Gasteiger partial charge in [0.2, 0.25) is 0 Å². The SMILES string of the molecule is CCOc1ccc(-c2n[nH]c(C)c2CN)cc1C. The number of rotatable bonds is 4. The molecule has 2 aromatic rings. The average Bonchev–Trinajstić information content (AvgIpc) is 2.73. The maximum absolute atomic E-state index is 5.76. The van der Waals surface area contributed by atoms with E-state index in [2.05, 4.69) is 16.3 Å². The van der Waals surface area contributed by atoms with Crippen LogP contribution in [0.25, 0.3) is 11.3 Å². The van der Waals surface area contributed by atoms with Crippen molar-refractivity contribution in [1.29, 1.82) is 0 Å². The van der Waals surface area contributed by atoms with E-state index < -0.39 is 0 Å². The molecule has 0 saturated carbocycles. The Balaban J connectivity index is 2.42. The molecule has 0 bridgehead atoms. The van der Waals surface area contributed by atoms with Gasteiger partial charge in [-0.15, -0.1) is 0 Å². The molecule has 0 aliphatic carbocycles. The third-order valence-electron chi connectivity index (χ3n) is 3.03. The van der Waals surface area contributed by atoms with Gasteiger partial charge in [0.15, 0.2) is 0 Å². The van der Waals surface area contributed by atoms with Crippen molar-refractivity contribution in [3.63, 3.8) is 0 Å². The van der Waals surface area contributed by atoms with Crippen LogP contribution in [-0.4, -0.2) is 16.8 Å². The Morgan fingerprint density at radius 3 is 2.72 bits per heavy atom. The van der Waals surface area contributed by atoms with Crippen molar-refractivity contribution in [2.75, 3.05) is 6.61 Å². The topological polar surface area (TPSA) is 63.9 Å². The van der Waals surface area contributed by atoms with Gasteiger partial charge in [0.1, 0.15) is 5.75 Å². The van der Waals surface area contributed by atoms with E-state index in [1.165, 1.54) is 0 Å². The van der Waals surface area contributed by atoms with Crippen molar-refractivity contribution in [2.24, 2.45) is 5.73 Å². The first-order valence-corrected chi connectivity index (χ1v) is 6.15. The molecule has 0 fully saturated rings. The first-order valence-electron chi connectivity index (χ1n) is 6.15. The number of H-pyrrole nitrogens is 1. The molecule has 0 aliphatic heterocycles. The van der Waals surface area contributed by atoms with Crippen LogP contribution >= 0.6 is 0 Å². The molecule has 0 atom stereocenters. The van der Waals surface area contributed by atoms with E-state index in [9.17, 15) is 0 Å². The average molecular weight is 245 g/mol. The van der Waals surface area contributed by atoms with Gasteiger partial charge in [-0.2, -0.15) is 5.10 Å². The highest BCUT2D eigenvalue weighted by atomic mass is 16.5. The lowest BCUT2D eigenvalue weighted by molar-refractivity contribution is 0.338. The van der Waals surface area contributed by atoms with Gasteiger partial charge in [-0.05, 0) is 44.5 Å². The molecule has 0 spiro atoms. The first-order chi connectivity index (χ1) is 8.67. The maximum Gasteiger partial charge on any atom is 0.122 e. The number of aromatic nitrogens is 2. The lowest BCUT2D eigenvalue weighted by Crippen LogP contribution is -1.99. The van der Waals surface area contributed by atoms with Crippen molar-refractivity contribution in [1.82, 2.24) is 10.2 Å². The van der Waals surface area contributed by atoms with Crippen molar-refractivity contribution in [3.05, 3.63) is 35.0 Å². The summed E-state index contributed by atoms with van der Waals surface area (Å²) in [5.41, 5.74) is 11.0. The Hall–Kier alpha value is -1.81. The van der Waals surface area contributed by atoms with Gasteiger partial charge >= 0.3 is 0 Å². The molecular weight excluding hydrogens is 226 g/mol. The lowest BCUT2D eigenvalue weighted by Gasteiger charge is -2.08. The Morgan fingerprint density at radius 2 is 2.11 bits per heavy atom. The highest BCUT2D eigenvalue weighted by molar-refractivity contribution is 5.66. The zero-order chi connectivity index (χ0) is 13.1. The van der Waals surface area contributed by atoms with Crippen LogP contribution in [0.1, 0.15) is 23.7 Å². The summed E-state index contributed by atoms with van der Waals surface area (Å²) in [4.78, 5) is 0. The Morgan fingerprint density at radius 1 is 1.33 bits per heavy atom. The zero-order valence-electron chi connectivity index (χ0n) is 11.1. The van der Waals surface area contributed by atoms with E-state index in [1.54, 1.807) is 0 Å². The highest BCUT2D eigenvalue weighted by Crippen LogP contribution is 2.28. The smallest absolute Gasteiger partial charge is 0.122 e. The summed E-state index contributed by atoms with van der Waals surface area (Å²) in [7, 11) is 0. The van der Waals surface area contributed by atoms with Crippen LogP contribution in [0.3, 0.4) is 0 Å². The standard InChI is InChI=1S/C14H19N3O/c1-4-18-13-6-5-11(7-9(13)2)14-12(8-15)10(3)16-17-14/h5-7H,4,8,15H2,1-3H3,(H,16,17). The summed E-state index contributed by atoms with van der Waals surface area (Å²) in [5, 5.41) is 7.31. The van der Waals surface area contributed by atoms with Gasteiger partial charge in [0.25, 0.3) is 0 Å². The second-order valence-corrected chi connectivity index (χ2v) is 4.29. The molecular formula is C14H19N3O. The predicted octanol–water partition coefficient (Wildman–Crippen LogP) is 2.55. The molecule has 0 amide bonds. The van der Waals surface area contributed by atoms with E-state index in [-0.39, 0.29) is 0 Å². The second kappa shape index (κ2) is 5.23. The highest BCUT2D eigenvalue weighted by Gasteiger charge is 2.11. The van der Waals surface area contributed by atoms with Crippen molar-refractivity contribution in [2.45, 2.75) is 27.3 Å². The molecule has 1 aromatic heterocycles. The Bertz CT molecular complexity index is 546. The number of nitrogens with one attached hydrogen (secondary N) is 1. The molecule has 1 heterocycles. The van der Waals surface area contributed by atoms with Crippen molar-refractivity contribution < 1.29 is 4.74 Å². The quantitative estimate of drug-likeness (QED) is 0.870. The fourth-order valence-electron chi connectivity index (χ4n) is 2.06. The van der Waals surface area contributed by atoms with Crippen LogP contribution in [0, 0.1) is 13.8 Å². The summed E-state index contributed by atoms with van der Waals surface area (Å²) in [6.07, 6.45) is 0. The second-order valence-electron chi connectivity index (χ2n) is 4.29. The third-order valence-corrected chi connectivity index (χ3v) is 3.03. The van der Waals surface area contributed by atoms with Crippen LogP contribution in [0.5, 0.6) is 5.75 Å². The molecule has 0 radical (unpaired) electrons. The van der Waals surface area contributed by atoms with Crippen LogP contribution in [0.15, 0.2) is 18.2 Å². The molecule has 4 nitrogen and oxygen atoms in total. The molecule has 0 aliphatic rings. The van der Waals surface area contributed by atoms with Gasteiger partial charge in [-0.3, -0.25) is 5.10 Å².